The first-order valence-corrected chi connectivity index (χ1v) is 6.31. The predicted octanol–water partition coefficient (Wildman–Crippen LogP) is 1.05. The minimum absolute atomic E-state index is 0. The predicted molar refractivity (Wildman–Crippen MR) is 67.4 cm³/mol. The van der Waals surface area contributed by atoms with Crippen molar-refractivity contribution in [2.24, 2.45) is 0 Å². The van der Waals surface area contributed by atoms with E-state index < -0.39 is 10.1 Å². The molecule has 0 heterocycles. The molecule has 6 heteroatoms. The Labute approximate surface area is 119 Å². The molecular weight excluding hydrogens is 237 g/mol. The first-order valence-electron chi connectivity index (χ1n) is 4.73. The van der Waals surface area contributed by atoms with E-state index in [1.54, 1.807) is 32.0 Å². The molecule has 1 aromatic rings. The summed E-state index contributed by atoms with van der Waals surface area (Å²) in [6.07, 6.45) is 0.522. The molecule has 0 unspecified atom stereocenters. The van der Waals surface area contributed by atoms with Gasteiger partial charge in [-0.1, -0.05) is 19.1 Å². The molecule has 0 aliphatic heterocycles. The van der Waals surface area contributed by atoms with Crippen LogP contribution < -0.4 is 9.92 Å². The molecule has 0 saturated heterocycles. The van der Waals surface area contributed by atoms with Gasteiger partial charge in [0, 0.05) is 0 Å². The van der Waals surface area contributed by atoms with Crippen LogP contribution in [0.3, 0.4) is 0 Å². The Balaban J connectivity index is 0.00000225. The van der Waals surface area contributed by atoms with Crippen molar-refractivity contribution in [3.63, 3.8) is 0 Å². The Kier molecular flexibility index (Phi) is 6.40. The van der Waals surface area contributed by atoms with E-state index in [1.165, 1.54) is 0 Å². The summed E-state index contributed by atoms with van der Waals surface area (Å²) >= 11 is 0. The average Bonchev–Trinajstić information content (AvgIpc) is 2.11. The van der Waals surface area contributed by atoms with Crippen molar-refractivity contribution in [2.45, 2.75) is 20.3 Å². The van der Waals surface area contributed by atoms with Crippen LogP contribution in [-0.4, -0.2) is 43.7 Å². The summed E-state index contributed by atoms with van der Waals surface area (Å²) in [5, 5.41) is 0. The monoisotopic (exact) mass is 253 g/mol. The molecule has 0 aliphatic rings. The number of nitrogen functional groups attached to an aromatic ring is 1. The summed E-state index contributed by atoms with van der Waals surface area (Å²) in [4.78, 5) is 0. The van der Waals surface area contributed by atoms with Crippen LogP contribution >= 0.6 is 0 Å². The van der Waals surface area contributed by atoms with Crippen molar-refractivity contribution in [2.75, 3.05) is 11.5 Å². The summed E-state index contributed by atoms with van der Waals surface area (Å²) in [7, 11) is -3.51. The molecule has 0 amide bonds. The average molecular weight is 253 g/mol. The second kappa shape index (κ2) is 6.49. The fourth-order valence-corrected chi connectivity index (χ4v) is 2.27. The van der Waals surface area contributed by atoms with Crippen LogP contribution in [0.25, 0.3) is 0 Å². The standard InChI is InChI=1S/C10H15NO3S.Na.H/c1-3-7-15(12,13)14-10-8(2)5-4-6-9(10)11;;/h4-6H,3,7,11H2,1-2H3;;. The summed E-state index contributed by atoms with van der Waals surface area (Å²) in [5.41, 5.74) is 6.69. The number of hydrogen-bond donors (Lipinski definition) is 1. The summed E-state index contributed by atoms with van der Waals surface area (Å²) in [6.45, 7) is 3.54. The second-order valence-corrected chi connectivity index (χ2v) is 5.03. The molecule has 0 bridgehead atoms. The summed E-state index contributed by atoms with van der Waals surface area (Å²) in [5.74, 6) is 0.242. The topological polar surface area (TPSA) is 69.4 Å². The van der Waals surface area contributed by atoms with E-state index in [-0.39, 0.29) is 41.1 Å². The van der Waals surface area contributed by atoms with Crippen LogP contribution in [0, 0.1) is 6.92 Å². The number of rotatable bonds is 4. The van der Waals surface area contributed by atoms with Gasteiger partial charge in [0.15, 0.2) is 5.75 Å². The first-order chi connectivity index (χ1) is 6.96. The number of nitrogens with two attached hydrogens (primary N) is 1. The quantitative estimate of drug-likeness (QED) is 0.494. The molecule has 16 heavy (non-hydrogen) atoms. The molecule has 86 valence electrons. The van der Waals surface area contributed by atoms with E-state index in [0.29, 0.717) is 12.1 Å². The first kappa shape index (κ1) is 15.8. The number of anilines is 1. The van der Waals surface area contributed by atoms with Crippen molar-refractivity contribution >= 4 is 45.4 Å². The Morgan fingerprint density at radius 3 is 2.50 bits per heavy atom. The molecule has 0 radical (unpaired) electrons. The van der Waals surface area contributed by atoms with Gasteiger partial charge in [-0.2, -0.15) is 8.42 Å². The van der Waals surface area contributed by atoms with Crippen LogP contribution in [0.2, 0.25) is 0 Å². The Morgan fingerprint density at radius 2 is 2.00 bits per heavy atom. The van der Waals surface area contributed by atoms with Gasteiger partial charge in [0.05, 0.1) is 11.4 Å². The normalized spacial score (nSPS) is 10.6. The van der Waals surface area contributed by atoms with Gasteiger partial charge in [-0.05, 0) is 25.0 Å². The van der Waals surface area contributed by atoms with Crippen molar-refractivity contribution in [1.82, 2.24) is 0 Å². The molecule has 0 aromatic heterocycles. The van der Waals surface area contributed by atoms with Crippen molar-refractivity contribution < 1.29 is 12.6 Å². The van der Waals surface area contributed by atoms with Crippen LogP contribution in [0.5, 0.6) is 5.75 Å². The molecule has 0 spiro atoms. The minimum atomic E-state index is -3.51. The van der Waals surface area contributed by atoms with Crippen LogP contribution in [0.4, 0.5) is 5.69 Å². The van der Waals surface area contributed by atoms with Gasteiger partial charge in [-0.15, -0.1) is 0 Å². The molecule has 0 aliphatic carbocycles. The zero-order valence-corrected chi connectivity index (χ0v) is 9.67. The van der Waals surface area contributed by atoms with Gasteiger partial charge in [0.25, 0.3) is 0 Å². The Bertz CT molecular complexity index is 425. The number of para-hydroxylation sites is 1. The summed E-state index contributed by atoms with van der Waals surface area (Å²) < 4.78 is 27.8. The zero-order chi connectivity index (χ0) is 11.5. The third-order valence-electron chi connectivity index (χ3n) is 1.91. The molecule has 4 nitrogen and oxygen atoms in total. The zero-order valence-electron chi connectivity index (χ0n) is 8.86. The third kappa shape index (κ3) is 4.33. The molecule has 1 rings (SSSR count). The number of aryl methyl sites for hydroxylation is 1. The summed E-state index contributed by atoms with van der Waals surface area (Å²) in [6, 6.07) is 5.13. The van der Waals surface area contributed by atoms with Crippen molar-refractivity contribution in [3.05, 3.63) is 23.8 Å². The van der Waals surface area contributed by atoms with Gasteiger partial charge in [0.1, 0.15) is 0 Å². The van der Waals surface area contributed by atoms with Gasteiger partial charge in [0.2, 0.25) is 0 Å². The van der Waals surface area contributed by atoms with Crippen LogP contribution in [0.15, 0.2) is 18.2 Å². The maximum absolute atomic E-state index is 11.4. The van der Waals surface area contributed by atoms with Crippen molar-refractivity contribution in [3.8, 4) is 5.75 Å². The van der Waals surface area contributed by atoms with Gasteiger partial charge in [-0.3, -0.25) is 0 Å². The van der Waals surface area contributed by atoms with E-state index in [9.17, 15) is 8.42 Å². The van der Waals surface area contributed by atoms with E-state index in [0.717, 1.165) is 5.56 Å². The fourth-order valence-electron chi connectivity index (χ4n) is 1.21. The van der Waals surface area contributed by atoms with E-state index >= 15 is 0 Å². The third-order valence-corrected chi connectivity index (χ3v) is 3.24. The maximum atomic E-state index is 11.4. The second-order valence-electron chi connectivity index (χ2n) is 3.34. The number of hydrogen-bond acceptors (Lipinski definition) is 4. The van der Waals surface area contributed by atoms with Crippen molar-refractivity contribution in [1.29, 1.82) is 0 Å². The molecule has 2 N–H and O–H groups in total. The molecular formula is C10H16NNaO3S. The SMILES string of the molecule is CCCS(=O)(=O)Oc1c(C)cccc1N.[NaH]. The van der Waals surface area contributed by atoms with E-state index in [1.807, 2.05) is 0 Å². The molecule has 0 fully saturated rings. The fraction of sp³-hybridized carbons (Fsp3) is 0.400. The van der Waals surface area contributed by atoms with Gasteiger partial charge in [-0.25, -0.2) is 0 Å². The Hall–Kier alpha value is -0.230. The van der Waals surface area contributed by atoms with Crippen LogP contribution in [0.1, 0.15) is 18.9 Å². The van der Waals surface area contributed by atoms with Gasteiger partial charge >= 0.3 is 39.7 Å². The van der Waals surface area contributed by atoms with E-state index in [4.69, 9.17) is 9.92 Å². The van der Waals surface area contributed by atoms with Gasteiger partial charge < -0.3 is 9.92 Å². The number of benzene rings is 1. The Morgan fingerprint density at radius 1 is 1.38 bits per heavy atom. The molecule has 0 saturated carbocycles. The van der Waals surface area contributed by atoms with E-state index in [2.05, 4.69) is 0 Å². The molecule has 1 aromatic carbocycles. The molecule has 0 atom stereocenters. The van der Waals surface area contributed by atoms with Crippen LogP contribution in [-0.2, 0) is 10.1 Å².